The molecule has 0 spiro atoms. The van der Waals surface area contributed by atoms with E-state index in [1.807, 2.05) is 0 Å². The van der Waals surface area contributed by atoms with Crippen LogP contribution in [0.25, 0.3) is 0 Å². The minimum absolute atomic E-state index is 1.32. The average Bonchev–Trinajstić information content (AvgIpc) is 2.47. The number of unbranched alkanes of at least 4 members (excludes halogenated alkanes) is 1. The molecule has 0 heteroatoms. The molecule has 0 radical (unpaired) electrons. The molecule has 0 N–H and O–H groups in total. The van der Waals surface area contributed by atoms with Gasteiger partial charge in [0, 0.05) is 0 Å². The quantitative estimate of drug-likeness (QED) is 0.475. The summed E-state index contributed by atoms with van der Waals surface area (Å²) in [6.07, 6.45) is 7.14. The highest BCUT2D eigenvalue weighted by molar-refractivity contribution is 4.50. The van der Waals surface area contributed by atoms with E-state index in [1.165, 1.54) is 32.1 Å². The Kier molecular flexibility index (Phi) is 6.00. The van der Waals surface area contributed by atoms with E-state index in [-0.39, 0.29) is 0 Å². The maximum Gasteiger partial charge on any atom is -0.0533 e. The van der Waals surface area contributed by atoms with E-state index in [2.05, 4.69) is 13.8 Å². The van der Waals surface area contributed by atoms with Crippen molar-refractivity contribution in [3.8, 4) is 0 Å². The van der Waals surface area contributed by atoms with Crippen molar-refractivity contribution in [2.75, 3.05) is 0 Å². The summed E-state index contributed by atoms with van der Waals surface area (Å²) in [5.41, 5.74) is 0. The number of rotatable bonds is 1. The normalized spacial score (nSPS) is 14.6. The summed E-state index contributed by atoms with van der Waals surface area (Å²) in [6, 6.07) is 0. The fraction of sp³-hybridized carbons (Fsp3) is 1.00. The molecule has 0 aromatic carbocycles. The van der Waals surface area contributed by atoms with Gasteiger partial charge in [0.15, 0.2) is 0 Å². The van der Waals surface area contributed by atoms with E-state index in [0.717, 1.165) is 0 Å². The van der Waals surface area contributed by atoms with Gasteiger partial charge in [-0.1, -0.05) is 46.0 Å². The maximum absolute atomic E-state index is 2.18. The van der Waals surface area contributed by atoms with Crippen molar-refractivity contribution in [2.24, 2.45) is 0 Å². The topological polar surface area (TPSA) is 0 Å². The van der Waals surface area contributed by atoms with Crippen LogP contribution in [0.2, 0.25) is 0 Å². The zero-order valence-corrected chi connectivity index (χ0v) is 5.54. The molecule has 0 saturated heterocycles. The molecule has 1 fully saturated rings. The second kappa shape index (κ2) is 6.00. The largest absolute Gasteiger partial charge is 0.0654 e. The van der Waals surface area contributed by atoms with Crippen molar-refractivity contribution in [1.29, 1.82) is 0 Å². The third kappa shape index (κ3) is 24.0. The third-order valence-electron chi connectivity index (χ3n) is 0.854. The highest BCUT2D eigenvalue weighted by Crippen LogP contribution is 2.14. The van der Waals surface area contributed by atoms with Crippen LogP contribution in [0.3, 0.4) is 0 Å². The SMILES string of the molecule is C1CC1.CCCC. The van der Waals surface area contributed by atoms with Crippen LogP contribution < -0.4 is 0 Å². The molecule has 1 rings (SSSR count). The molecule has 0 unspecified atom stereocenters. The van der Waals surface area contributed by atoms with E-state index >= 15 is 0 Å². The molecule has 0 bridgehead atoms. The highest BCUT2D eigenvalue weighted by atomic mass is 14.0. The lowest BCUT2D eigenvalue weighted by Crippen LogP contribution is -1.47. The van der Waals surface area contributed by atoms with Crippen LogP contribution in [0.15, 0.2) is 0 Å². The first-order valence-electron chi connectivity index (χ1n) is 3.41. The van der Waals surface area contributed by atoms with Gasteiger partial charge in [-0.25, -0.2) is 0 Å². The Hall–Kier alpha value is 0. The fourth-order valence-electron chi connectivity index (χ4n) is 0. The van der Waals surface area contributed by atoms with Gasteiger partial charge in [0.05, 0.1) is 0 Å². The summed E-state index contributed by atoms with van der Waals surface area (Å²) < 4.78 is 0. The molecule has 1 saturated carbocycles. The first-order valence-corrected chi connectivity index (χ1v) is 3.41. The van der Waals surface area contributed by atoms with Gasteiger partial charge in [0.25, 0.3) is 0 Å². The van der Waals surface area contributed by atoms with Crippen LogP contribution in [0.4, 0.5) is 0 Å². The van der Waals surface area contributed by atoms with E-state index in [9.17, 15) is 0 Å². The molecule has 0 amide bonds. The van der Waals surface area contributed by atoms with Gasteiger partial charge in [-0.2, -0.15) is 0 Å². The summed E-state index contributed by atoms with van der Waals surface area (Å²) in [5.74, 6) is 0. The molecule has 0 atom stereocenters. The molecular weight excluding hydrogens is 84.1 g/mol. The van der Waals surface area contributed by atoms with Crippen LogP contribution in [0.5, 0.6) is 0 Å². The van der Waals surface area contributed by atoms with Gasteiger partial charge in [0.2, 0.25) is 0 Å². The Morgan fingerprint density at radius 1 is 0.857 bits per heavy atom. The van der Waals surface area contributed by atoms with Crippen molar-refractivity contribution in [3.05, 3.63) is 0 Å². The van der Waals surface area contributed by atoms with Crippen LogP contribution >= 0.6 is 0 Å². The third-order valence-corrected chi connectivity index (χ3v) is 0.854. The number of hydrogen-bond acceptors (Lipinski definition) is 0. The van der Waals surface area contributed by atoms with Gasteiger partial charge in [-0.15, -0.1) is 0 Å². The smallest absolute Gasteiger partial charge is 0.0533 e. The lowest BCUT2D eigenvalue weighted by Gasteiger charge is -1.68. The van der Waals surface area contributed by atoms with Gasteiger partial charge in [0.1, 0.15) is 0 Å². The zero-order chi connectivity index (χ0) is 5.54. The minimum atomic E-state index is 1.32. The molecule has 44 valence electrons. The Bertz CT molecular complexity index is 16.5. The Morgan fingerprint density at radius 2 is 1.14 bits per heavy atom. The van der Waals surface area contributed by atoms with Gasteiger partial charge in [-0.3, -0.25) is 0 Å². The second-order valence-corrected chi connectivity index (χ2v) is 2.06. The van der Waals surface area contributed by atoms with Gasteiger partial charge < -0.3 is 0 Å². The molecule has 0 nitrogen and oxygen atoms in total. The maximum atomic E-state index is 2.18. The van der Waals surface area contributed by atoms with Gasteiger partial charge in [-0.05, 0) is 0 Å². The zero-order valence-electron chi connectivity index (χ0n) is 5.54. The highest BCUT2D eigenvalue weighted by Gasteiger charge is 1.95. The lowest BCUT2D eigenvalue weighted by molar-refractivity contribution is 0.886. The summed E-state index contributed by atoms with van der Waals surface area (Å²) >= 11 is 0. The van der Waals surface area contributed by atoms with Crippen molar-refractivity contribution < 1.29 is 0 Å². The molecule has 0 aromatic heterocycles. The molecule has 1 aliphatic carbocycles. The van der Waals surface area contributed by atoms with Gasteiger partial charge >= 0.3 is 0 Å². The van der Waals surface area contributed by atoms with Crippen molar-refractivity contribution in [2.45, 2.75) is 46.0 Å². The molecule has 1 aliphatic rings. The van der Waals surface area contributed by atoms with Crippen LogP contribution in [0, 0.1) is 0 Å². The van der Waals surface area contributed by atoms with E-state index in [4.69, 9.17) is 0 Å². The molecule has 7 heavy (non-hydrogen) atoms. The second-order valence-electron chi connectivity index (χ2n) is 2.06. The van der Waals surface area contributed by atoms with Crippen molar-refractivity contribution in [3.63, 3.8) is 0 Å². The van der Waals surface area contributed by atoms with Crippen LogP contribution in [0.1, 0.15) is 46.0 Å². The first-order chi connectivity index (χ1) is 3.41. The standard InChI is InChI=1S/C4H10.C3H6/c1-3-4-2;1-2-3-1/h3-4H2,1-2H3;1-3H2. The predicted molar refractivity (Wildman–Crippen MR) is 34.4 cm³/mol. The van der Waals surface area contributed by atoms with E-state index < -0.39 is 0 Å². The molecule has 0 heterocycles. The monoisotopic (exact) mass is 100 g/mol. The minimum Gasteiger partial charge on any atom is -0.0654 e. The van der Waals surface area contributed by atoms with Crippen LogP contribution in [-0.4, -0.2) is 0 Å². The summed E-state index contributed by atoms with van der Waals surface area (Å²) in [4.78, 5) is 0. The molecule has 0 aliphatic heterocycles. The fourth-order valence-corrected chi connectivity index (χ4v) is 0. The van der Waals surface area contributed by atoms with Crippen molar-refractivity contribution in [1.82, 2.24) is 0 Å². The Morgan fingerprint density at radius 3 is 1.14 bits per heavy atom. The first kappa shape index (κ1) is 7.00. The molecule has 0 aromatic rings. The lowest BCUT2D eigenvalue weighted by atomic mass is 10.4. The van der Waals surface area contributed by atoms with Crippen LogP contribution in [-0.2, 0) is 0 Å². The molecular formula is C7H16. The summed E-state index contributed by atoms with van der Waals surface area (Å²) in [5, 5.41) is 0. The Balaban J connectivity index is 0.000000105. The summed E-state index contributed by atoms with van der Waals surface area (Å²) in [6.45, 7) is 4.36. The van der Waals surface area contributed by atoms with E-state index in [1.54, 1.807) is 0 Å². The summed E-state index contributed by atoms with van der Waals surface area (Å²) in [7, 11) is 0. The Labute approximate surface area is 46.9 Å². The van der Waals surface area contributed by atoms with Crippen molar-refractivity contribution >= 4 is 0 Å². The van der Waals surface area contributed by atoms with E-state index in [0.29, 0.717) is 0 Å². The average molecular weight is 100 g/mol. The predicted octanol–water partition coefficient (Wildman–Crippen LogP) is 2.98. The number of hydrogen-bond donors (Lipinski definition) is 0.